The van der Waals surface area contributed by atoms with Gasteiger partial charge in [0.05, 0.1) is 23.9 Å². The number of aromatic nitrogens is 2. The second-order valence-corrected chi connectivity index (χ2v) is 16.0. The second kappa shape index (κ2) is 9.60. The van der Waals surface area contributed by atoms with E-state index >= 15 is 0 Å². The molecule has 1 amide bonds. The maximum absolute atomic E-state index is 12.5. The van der Waals surface area contributed by atoms with E-state index in [1.54, 1.807) is 0 Å². The van der Waals surface area contributed by atoms with Crippen molar-refractivity contribution in [2.75, 3.05) is 11.9 Å². The molecule has 3 rings (SSSR count). The van der Waals surface area contributed by atoms with E-state index in [1.165, 1.54) is 0 Å². The van der Waals surface area contributed by atoms with Crippen molar-refractivity contribution in [3.05, 3.63) is 47.7 Å². The fraction of sp³-hybridized carbons (Fsp3) is 0.600. The SMILES string of the molecule is CC(C)(C)n1nc([C@@H]2C[C@@H](O[Si](C)(C)C(C)(C)C)CO2)cc1NC(=O)OCc1ccccc1. The zero-order chi connectivity index (χ0) is 24.4. The number of carbonyl (C=O) groups excluding carboxylic acids is 1. The van der Waals surface area contributed by atoms with Gasteiger partial charge in [-0.1, -0.05) is 51.1 Å². The third-order valence-corrected chi connectivity index (χ3v) is 10.9. The maximum Gasteiger partial charge on any atom is 0.413 e. The minimum Gasteiger partial charge on any atom is -0.444 e. The lowest BCUT2D eigenvalue weighted by atomic mass is 10.1. The summed E-state index contributed by atoms with van der Waals surface area (Å²) in [5.41, 5.74) is 1.41. The standard InChI is InChI=1S/C25H39N3O4Si/c1-24(2,3)28-22(26-23(29)31-16-18-12-10-9-11-13-18)15-20(27-28)21-14-19(17-30-21)32-33(7,8)25(4,5)6/h9-13,15,19,21H,14,16-17H2,1-8H3,(H,26,29)/t19-,21+/m1/s1. The molecule has 1 fully saturated rings. The summed E-state index contributed by atoms with van der Waals surface area (Å²) in [4.78, 5) is 12.5. The summed E-state index contributed by atoms with van der Waals surface area (Å²) in [5, 5.41) is 7.80. The number of hydrogen-bond donors (Lipinski definition) is 1. The number of nitrogens with one attached hydrogen (secondary N) is 1. The Morgan fingerprint density at radius 2 is 1.85 bits per heavy atom. The third-order valence-electron chi connectivity index (χ3n) is 6.36. The van der Waals surface area contributed by atoms with Crippen LogP contribution in [0.15, 0.2) is 36.4 Å². The first-order chi connectivity index (χ1) is 15.3. The van der Waals surface area contributed by atoms with Crippen molar-refractivity contribution >= 4 is 20.2 Å². The molecule has 0 spiro atoms. The van der Waals surface area contributed by atoms with Crippen molar-refractivity contribution in [2.24, 2.45) is 0 Å². The predicted molar refractivity (Wildman–Crippen MR) is 133 cm³/mol. The van der Waals surface area contributed by atoms with Gasteiger partial charge < -0.3 is 13.9 Å². The number of hydrogen-bond acceptors (Lipinski definition) is 5. The summed E-state index contributed by atoms with van der Waals surface area (Å²) in [5.74, 6) is 0.591. The lowest BCUT2D eigenvalue weighted by Gasteiger charge is -2.38. The van der Waals surface area contributed by atoms with Crippen molar-refractivity contribution in [1.29, 1.82) is 0 Å². The molecule has 8 heteroatoms. The van der Waals surface area contributed by atoms with Gasteiger partial charge in [-0.25, -0.2) is 9.48 Å². The molecular weight excluding hydrogens is 434 g/mol. The summed E-state index contributed by atoms with van der Waals surface area (Å²) in [6, 6.07) is 11.5. The van der Waals surface area contributed by atoms with Crippen LogP contribution in [0.4, 0.5) is 10.6 Å². The molecule has 2 heterocycles. The highest BCUT2D eigenvalue weighted by molar-refractivity contribution is 6.74. The third kappa shape index (κ3) is 6.46. The molecule has 1 N–H and O–H groups in total. The lowest BCUT2D eigenvalue weighted by molar-refractivity contribution is 0.0882. The van der Waals surface area contributed by atoms with Gasteiger partial charge in [0.1, 0.15) is 18.5 Å². The summed E-state index contributed by atoms with van der Waals surface area (Å²) < 4.78 is 19.8. The Kier molecular flexibility index (Phi) is 7.41. The fourth-order valence-electron chi connectivity index (χ4n) is 3.50. The Morgan fingerprint density at radius 3 is 2.45 bits per heavy atom. The van der Waals surface area contributed by atoms with Crippen molar-refractivity contribution in [3.63, 3.8) is 0 Å². The topological polar surface area (TPSA) is 74.6 Å². The largest absolute Gasteiger partial charge is 0.444 e. The van der Waals surface area contributed by atoms with Crippen LogP contribution in [0.25, 0.3) is 0 Å². The molecule has 2 atom stereocenters. The van der Waals surface area contributed by atoms with E-state index in [4.69, 9.17) is 19.0 Å². The van der Waals surface area contributed by atoms with Crippen molar-refractivity contribution in [2.45, 2.75) is 90.4 Å². The van der Waals surface area contributed by atoms with Crippen LogP contribution in [-0.2, 0) is 26.0 Å². The van der Waals surface area contributed by atoms with Crippen LogP contribution in [0.1, 0.15) is 65.3 Å². The minimum atomic E-state index is -1.87. The molecule has 1 aliphatic heterocycles. The molecule has 1 aromatic heterocycles. The van der Waals surface area contributed by atoms with Gasteiger partial charge in [0.2, 0.25) is 0 Å². The van der Waals surface area contributed by atoms with E-state index in [2.05, 4.69) is 39.2 Å². The Balaban J connectivity index is 1.68. The van der Waals surface area contributed by atoms with Crippen LogP contribution in [0.2, 0.25) is 18.1 Å². The van der Waals surface area contributed by atoms with E-state index in [1.807, 2.05) is 61.9 Å². The van der Waals surface area contributed by atoms with Gasteiger partial charge in [0.15, 0.2) is 8.32 Å². The van der Waals surface area contributed by atoms with Crippen LogP contribution in [0.3, 0.4) is 0 Å². The van der Waals surface area contributed by atoms with E-state index < -0.39 is 14.4 Å². The molecule has 1 saturated heterocycles. The van der Waals surface area contributed by atoms with Crippen LogP contribution in [-0.4, -0.2) is 36.9 Å². The highest BCUT2D eigenvalue weighted by atomic mass is 28.4. The molecule has 0 bridgehead atoms. The highest BCUT2D eigenvalue weighted by Gasteiger charge is 2.42. The summed E-state index contributed by atoms with van der Waals surface area (Å²) in [6.07, 6.45) is 0.139. The average molecular weight is 474 g/mol. The highest BCUT2D eigenvalue weighted by Crippen LogP contribution is 2.40. The Labute approximate surface area is 198 Å². The molecule has 0 aliphatic carbocycles. The molecular formula is C25H39N3O4Si. The van der Waals surface area contributed by atoms with Gasteiger partial charge >= 0.3 is 6.09 Å². The number of anilines is 1. The molecule has 182 valence electrons. The van der Waals surface area contributed by atoms with Crippen LogP contribution in [0, 0.1) is 0 Å². The molecule has 7 nitrogen and oxygen atoms in total. The van der Waals surface area contributed by atoms with Gasteiger partial charge in [0.25, 0.3) is 0 Å². The van der Waals surface area contributed by atoms with Crippen LogP contribution in [0.5, 0.6) is 0 Å². The van der Waals surface area contributed by atoms with Gasteiger partial charge in [-0.15, -0.1) is 0 Å². The van der Waals surface area contributed by atoms with Crippen molar-refractivity contribution in [3.8, 4) is 0 Å². The zero-order valence-electron chi connectivity index (χ0n) is 21.3. The first-order valence-electron chi connectivity index (χ1n) is 11.6. The van der Waals surface area contributed by atoms with E-state index in [9.17, 15) is 4.79 Å². The monoisotopic (exact) mass is 473 g/mol. The van der Waals surface area contributed by atoms with Crippen LogP contribution >= 0.6 is 0 Å². The van der Waals surface area contributed by atoms with E-state index in [0.29, 0.717) is 12.4 Å². The van der Waals surface area contributed by atoms with Gasteiger partial charge in [-0.3, -0.25) is 5.32 Å². The molecule has 1 aliphatic rings. The summed E-state index contributed by atoms with van der Waals surface area (Å²) in [6.45, 7) is 18.2. The predicted octanol–water partition coefficient (Wildman–Crippen LogP) is 6.24. The van der Waals surface area contributed by atoms with Crippen molar-refractivity contribution < 1.29 is 18.7 Å². The first kappa shape index (κ1) is 25.5. The Hall–Kier alpha value is -2.16. The number of benzene rings is 1. The molecule has 2 aromatic rings. The van der Waals surface area contributed by atoms with Gasteiger partial charge in [-0.05, 0) is 44.5 Å². The number of amides is 1. The number of rotatable bonds is 6. The minimum absolute atomic E-state index is 0.0583. The van der Waals surface area contributed by atoms with E-state index in [-0.39, 0.29) is 29.4 Å². The fourth-order valence-corrected chi connectivity index (χ4v) is 4.85. The quantitative estimate of drug-likeness (QED) is 0.503. The molecule has 33 heavy (non-hydrogen) atoms. The Morgan fingerprint density at radius 1 is 1.18 bits per heavy atom. The summed E-state index contributed by atoms with van der Waals surface area (Å²) >= 11 is 0. The smallest absolute Gasteiger partial charge is 0.413 e. The number of ether oxygens (including phenoxy) is 2. The molecule has 0 unspecified atom stereocenters. The molecule has 1 aromatic carbocycles. The number of nitrogens with zero attached hydrogens (tertiary/aromatic N) is 2. The Bertz CT molecular complexity index is 945. The lowest BCUT2D eigenvalue weighted by Crippen LogP contribution is -2.44. The second-order valence-electron chi connectivity index (χ2n) is 11.3. The molecule has 0 radical (unpaired) electrons. The molecule has 0 saturated carbocycles. The van der Waals surface area contributed by atoms with E-state index in [0.717, 1.165) is 17.7 Å². The first-order valence-corrected chi connectivity index (χ1v) is 14.5. The van der Waals surface area contributed by atoms with Gasteiger partial charge in [0, 0.05) is 12.5 Å². The average Bonchev–Trinajstić information content (AvgIpc) is 3.33. The normalized spacial score (nSPS) is 19.5. The number of carbonyl (C=O) groups is 1. The summed E-state index contributed by atoms with van der Waals surface area (Å²) in [7, 11) is -1.87. The maximum atomic E-state index is 12.5. The van der Waals surface area contributed by atoms with Gasteiger partial charge in [-0.2, -0.15) is 5.10 Å². The zero-order valence-corrected chi connectivity index (χ0v) is 22.3. The van der Waals surface area contributed by atoms with Crippen molar-refractivity contribution in [1.82, 2.24) is 9.78 Å². The van der Waals surface area contributed by atoms with Crippen LogP contribution < -0.4 is 5.32 Å².